The molecule has 1 unspecified atom stereocenters. The minimum Gasteiger partial charge on any atom is -0.504 e. The topological polar surface area (TPSA) is 67.8 Å². The standard InChI is InChI=1S/C22H31NO4/c1-5-17(24)23-20-21(2,3)13-11-15-19(27-10-9-22(15,20)12-13)14-7-6-8-16(26-4)18(14)25/h6-8,13,15,19-20,25H,5,9-12H2,1-4H3,(H,23,24)/t13-,15-,19-,20-,22?/m1/s1. The molecule has 4 rings (SSSR count). The lowest BCUT2D eigenvalue weighted by molar-refractivity contribution is -0.137. The minimum absolute atomic E-state index is 0.0391. The number of methoxy groups -OCH3 is 1. The molecule has 0 aromatic heterocycles. The van der Waals surface area contributed by atoms with Crippen LogP contribution >= 0.6 is 0 Å². The van der Waals surface area contributed by atoms with Gasteiger partial charge in [0.25, 0.3) is 0 Å². The van der Waals surface area contributed by atoms with Crippen LogP contribution in [-0.2, 0) is 9.53 Å². The average molecular weight is 373 g/mol. The van der Waals surface area contributed by atoms with Crippen molar-refractivity contribution < 1.29 is 19.4 Å². The van der Waals surface area contributed by atoms with Gasteiger partial charge in [0.2, 0.25) is 5.91 Å². The van der Waals surface area contributed by atoms with Crippen LogP contribution in [0.25, 0.3) is 0 Å². The highest BCUT2D eigenvalue weighted by atomic mass is 16.5. The average Bonchev–Trinajstić information content (AvgIpc) is 3.14. The summed E-state index contributed by atoms with van der Waals surface area (Å²) in [5, 5.41) is 14.1. The Labute approximate surface area is 161 Å². The number of rotatable bonds is 4. The summed E-state index contributed by atoms with van der Waals surface area (Å²) in [6, 6.07) is 5.77. The van der Waals surface area contributed by atoms with Gasteiger partial charge < -0.3 is 19.9 Å². The first-order valence-corrected chi connectivity index (χ1v) is 10.1. The van der Waals surface area contributed by atoms with Gasteiger partial charge in [0, 0.05) is 24.6 Å². The van der Waals surface area contributed by atoms with E-state index in [-0.39, 0.29) is 34.6 Å². The van der Waals surface area contributed by atoms with E-state index in [1.54, 1.807) is 13.2 Å². The van der Waals surface area contributed by atoms with Gasteiger partial charge in [-0.3, -0.25) is 4.79 Å². The predicted octanol–water partition coefficient (Wildman–Crippen LogP) is 3.81. The number of hydrogen-bond acceptors (Lipinski definition) is 4. The Morgan fingerprint density at radius 3 is 2.89 bits per heavy atom. The zero-order chi connectivity index (χ0) is 19.4. The molecule has 2 bridgehead atoms. The van der Waals surface area contributed by atoms with Gasteiger partial charge in [0.1, 0.15) is 0 Å². The van der Waals surface area contributed by atoms with Crippen molar-refractivity contribution in [1.82, 2.24) is 5.32 Å². The third-order valence-corrected chi connectivity index (χ3v) is 7.69. The smallest absolute Gasteiger partial charge is 0.219 e. The molecule has 1 spiro atoms. The molecule has 2 N–H and O–H groups in total. The number of amides is 1. The summed E-state index contributed by atoms with van der Waals surface area (Å²) >= 11 is 0. The molecule has 27 heavy (non-hydrogen) atoms. The van der Waals surface area contributed by atoms with Crippen molar-refractivity contribution in [3.63, 3.8) is 0 Å². The number of phenolic OH excluding ortho intramolecular Hbond substituents is 1. The highest BCUT2D eigenvalue weighted by molar-refractivity contribution is 5.76. The third-order valence-electron chi connectivity index (χ3n) is 7.69. The number of carbonyl (C=O) groups excluding carboxylic acids is 1. The molecule has 3 fully saturated rings. The lowest BCUT2D eigenvalue weighted by atomic mass is 9.58. The number of ether oxygens (including phenoxy) is 2. The fourth-order valence-electron chi connectivity index (χ4n) is 6.29. The molecular weight excluding hydrogens is 342 g/mol. The highest BCUT2D eigenvalue weighted by Gasteiger charge is 2.68. The van der Waals surface area contributed by atoms with E-state index in [2.05, 4.69) is 19.2 Å². The van der Waals surface area contributed by atoms with Crippen LogP contribution < -0.4 is 10.1 Å². The lowest BCUT2D eigenvalue weighted by Crippen LogP contribution is -2.58. The first-order valence-electron chi connectivity index (χ1n) is 10.1. The zero-order valence-corrected chi connectivity index (χ0v) is 16.7. The Hall–Kier alpha value is -1.75. The third kappa shape index (κ3) is 2.58. The monoisotopic (exact) mass is 373 g/mol. The fraction of sp³-hybridized carbons (Fsp3) is 0.682. The molecule has 1 heterocycles. The number of carbonyl (C=O) groups is 1. The van der Waals surface area contributed by atoms with Crippen LogP contribution in [0.3, 0.4) is 0 Å². The van der Waals surface area contributed by atoms with E-state index in [4.69, 9.17) is 9.47 Å². The fourth-order valence-corrected chi connectivity index (χ4v) is 6.29. The van der Waals surface area contributed by atoms with E-state index in [1.165, 1.54) is 0 Å². The van der Waals surface area contributed by atoms with Crippen LogP contribution in [-0.4, -0.2) is 30.8 Å². The predicted molar refractivity (Wildman–Crippen MR) is 103 cm³/mol. The van der Waals surface area contributed by atoms with E-state index in [1.807, 2.05) is 19.1 Å². The van der Waals surface area contributed by atoms with Gasteiger partial charge in [-0.1, -0.05) is 32.9 Å². The molecule has 3 aliphatic rings. The van der Waals surface area contributed by atoms with Crippen LogP contribution in [0.15, 0.2) is 18.2 Å². The number of benzene rings is 1. The van der Waals surface area contributed by atoms with Crippen molar-refractivity contribution in [2.45, 2.75) is 58.6 Å². The van der Waals surface area contributed by atoms with Crippen molar-refractivity contribution in [2.75, 3.05) is 13.7 Å². The summed E-state index contributed by atoms with van der Waals surface area (Å²) in [5.74, 6) is 1.64. The molecule has 5 nitrogen and oxygen atoms in total. The van der Waals surface area contributed by atoms with Crippen molar-refractivity contribution in [1.29, 1.82) is 0 Å². The Bertz CT molecular complexity index is 746. The molecule has 5 heteroatoms. The van der Waals surface area contributed by atoms with Crippen molar-refractivity contribution in [3.05, 3.63) is 23.8 Å². The van der Waals surface area contributed by atoms with Crippen LogP contribution in [0.1, 0.15) is 58.1 Å². The van der Waals surface area contributed by atoms with Gasteiger partial charge in [0.05, 0.1) is 13.2 Å². The van der Waals surface area contributed by atoms with E-state index in [0.29, 0.717) is 30.6 Å². The maximum absolute atomic E-state index is 12.3. The second-order valence-electron chi connectivity index (χ2n) is 9.09. The van der Waals surface area contributed by atoms with Gasteiger partial charge in [0.15, 0.2) is 11.5 Å². The number of para-hydroxylation sites is 1. The van der Waals surface area contributed by atoms with Gasteiger partial charge in [-0.2, -0.15) is 0 Å². The second-order valence-corrected chi connectivity index (χ2v) is 9.09. The molecule has 1 amide bonds. The molecule has 1 aromatic carbocycles. The zero-order valence-electron chi connectivity index (χ0n) is 16.7. The second kappa shape index (κ2) is 6.40. The summed E-state index contributed by atoms with van der Waals surface area (Å²) in [6.45, 7) is 7.17. The van der Waals surface area contributed by atoms with Crippen molar-refractivity contribution >= 4 is 5.91 Å². The van der Waals surface area contributed by atoms with E-state index in [9.17, 15) is 9.90 Å². The largest absolute Gasteiger partial charge is 0.504 e. The number of phenols is 1. The van der Waals surface area contributed by atoms with Gasteiger partial charge >= 0.3 is 0 Å². The van der Waals surface area contributed by atoms with Gasteiger partial charge in [-0.05, 0) is 48.0 Å². The van der Waals surface area contributed by atoms with Gasteiger partial charge in [-0.25, -0.2) is 0 Å². The van der Waals surface area contributed by atoms with Crippen LogP contribution in [0, 0.1) is 22.7 Å². The molecule has 2 aliphatic carbocycles. The van der Waals surface area contributed by atoms with Gasteiger partial charge in [-0.15, -0.1) is 0 Å². The maximum Gasteiger partial charge on any atom is 0.219 e. The van der Waals surface area contributed by atoms with E-state index >= 15 is 0 Å². The summed E-state index contributed by atoms with van der Waals surface area (Å²) in [6.07, 6.45) is 3.52. The Morgan fingerprint density at radius 2 is 2.19 bits per heavy atom. The molecule has 1 aromatic rings. The van der Waals surface area contributed by atoms with Crippen LogP contribution in [0.2, 0.25) is 0 Å². The minimum atomic E-state index is -0.157. The maximum atomic E-state index is 12.3. The number of aromatic hydroxyl groups is 1. The van der Waals surface area contributed by atoms with E-state index in [0.717, 1.165) is 24.8 Å². The number of nitrogens with one attached hydrogen (secondary N) is 1. The highest BCUT2D eigenvalue weighted by Crippen LogP contribution is 2.70. The summed E-state index contributed by atoms with van der Waals surface area (Å²) in [5.41, 5.74) is 0.932. The summed E-state index contributed by atoms with van der Waals surface area (Å²) in [7, 11) is 1.57. The molecule has 2 saturated carbocycles. The molecule has 1 aliphatic heterocycles. The number of fused-ring (bicyclic) bond motifs is 1. The molecule has 0 radical (unpaired) electrons. The molecule has 5 atom stereocenters. The first kappa shape index (κ1) is 18.6. The Morgan fingerprint density at radius 1 is 1.41 bits per heavy atom. The first-order chi connectivity index (χ1) is 12.8. The number of hydrogen-bond donors (Lipinski definition) is 2. The molecule has 148 valence electrons. The van der Waals surface area contributed by atoms with Crippen molar-refractivity contribution in [2.24, 2.45) is 22.7 Å². The Balaban J connectivity index is 1.72. The Kier molecular flexibility index (Phi) is 4.41. The normalized spacial score (nSPS) is 36.3. The van der Waals surface area contributed by atoms with Crippen molar-refractivity contribution in [3.8, 4) is 11.5 Å². The SMILES string of the molecule is CCC(=O)N[C@@H]1C(C)(C)[C@@H]2C[C@@H]3[C@@H](c4cccc(OC)c4O)OCCC31C2. The lowest BCUT2D eigenvalue weighted by Gasteiger charge is -2.53. The quantitative estimate of drug-likeness (QED) is 0.842. The van der Waals surface area contributed by atoms with Crippen LogP contribution in [0.4, 0.5) is 0 Å². The van der Waals surface area contributed by atoms with E-state index < -0.39 is 0 Å². The summed E-state index contributed by atoms with van der Waals surface area (Å²) < 4.78 is 11.5. The molecular formula is C22H31NO4. The molecule has 1 saturated heterocycles. The summed E-state index contributed by atoms with van der Waals surface area (Å²) in [4.78, 5) is 12.3. The van der Waals surface area contributed by atoms with Crippen LogP contribution in [0.5, 0.6) is 11.5 Å².